The molecular weight excluding hydrogens is 452 g/mol. The number of aromatic amines is 2. The minimum absolute atomic E-state index is 0.131. The molecule has 8 nitrogen and oxygen atoms in total. The van der Waals surface area contributed by atoms with Crippen LogP contribution in [0.2, 0.25) is 0 Å². The van der Waals surface area contributed by atoms with Crippen LogP contribution in [0.4, 0.5) is 5.69 Å². The maximum absolute atomic E-state index is 12.2. The van der Waals surface area contributed by atoms with Crippen molar-refractivity contribution in [2.24, 2.45) is 0 Å². The molecule has 160 valence electrons. The number of hydrogen-bond donors (Lipinski definition) is 4. The Morgan fingerprint density at radius 2 is 1.87 bits per heavy atom. The van der Waals surface area contributed by atoms with E-state index in [0.29, 0.717) is 23.6 Å². The highest BCUT2D eigenvalue weighted by Crippen LogP contribution is 2.37. The van der Waals surface area contributed by atoms with Crippen LogP contribution in [0, 0.1) is 0 Å². The Labute approximate surface area is 182 Å². The minimum atomic E-state index is -0.343. The number of nitrogens with one attached hydrogen (secondary N) is 4. The SMILES string of the molecule is COc1ccc(Br)c(CNc2ccc3[nH]c(=O)[nH]c3c2)c1OCC(=O)NC(C)(C)C. The molecule has 3 rings (SSSR count). The second kappa shape index (κ2) is 8.83. The number of amides is 1. The van der Waals surface area contributed by atoms with Gasteiger partial charge in [-0.15, -0.1) is 0 Å². The molecule has 0 aliphatic carbocycles. The van der Waals surface area contributed by atoms with Gasteiger partial charge in [0.05, 0.1) is 18.1 Å². The van der Waals surface area contributed by atoms with Crippen molar-refractivity contribution in [2.75, 3.05) is 19.0 Å². The van der Waals surface area contributed by atoms with E-state index < -0.39 is 0 Å². The molecule has 30 heavy (non-hydrogen) atoms. The third-order valence-electron chi connectivity index (χ3n) is 4.23. The zero-order valence-corrected chi connectivity index (χ0v) is 18.9. The van der Waals surface area contributed by atoms with Gasteiger partial charge in [0.2, 0.25) is 0 Å². The van der Waals surface area contributed by atoms with Crippen LogP contribution in [0.15, 0.2) is 39.6 Å². The van der Waals surface area contributed by atoms with Gasteiger partial charge in [-0.05, 0) is 51.1 Å². The Kier molecular flexibility index (Phi) is 6.40. The second-order valence-corrected chi connectivity index (χ2v) is 8.69. The van der Waals surface area contributed by atoms with Gasteiger partial charge >= 0.3 is 5.69 Å². The summed E-state index contributed by atoms with van der Waals surface area (Å²) in [7, 11) is 1.55. The Balaban J connectivity index is 1.80. The lowest BCUT2D eigenvalue weighted by atomic mass is 10.1. The summed E-state index contributed by atoms with van der Waals surface area (Å²) in [5.41, 5.74) is 2.49. The highest BCUT2D eigenvalue weighted by molar-refractivity contribution is 9.10. The number of carbonyl (C=O) groups is 1. The second-order valence-electron chi connectivity index (χ2n) is 7.84. The molecule has 4 N–H and O–H groups in total. The Morgan fingerprint density at radius 3 is 2.57 bits per heavy atom. The number of fused-ring (bicyclic) bond motifs is 1. The van der Waals surface area contributed by atoms with Crippen LogP contribution >= 0.6 is 15.9 Å². The van der Waals surface area contributed by atoms with Crippen molar-refractivity contribution in [1.29, 1.82) is 0 Å². The van der Waals surface area contributed by atoms with Gasteiger partial charge in [0.25, 0.3) is 5.91 Å². The first-order valence-corrected chi connectivity index (χ1v) is 10.2. The zero-order chi connectivity index (χ0) is 21.9. The van der Waals surface area contributed by atoms with Crippen molar-refractivity contribution in [3.05, 3.63) is 50.9 Å². The number of H-pyrrole nitrogens is 2. The van der Waals surface area contributed by atoms with Crippen LogP contribution in [0.3, 0.4) is 0 Å². The van der Waals surface area contributed by atoms with Crippen molar-refractivity contribution in [2.45, 2.75) is 32.9 Å². The summed E-state index contributed by atoms with van der Waals surface area (Å²) in [5, 5.41) is 6.19. The van der Waals surface area contributed by atoms with Crippen LogP contribution < -0.4 is 25.8 Å². The Morgan fingerprint density at radius 1 is 1.13 bits per heavy atom. The van der Waals surface area contributed by atoms with Gasteiger partial charge in [0, 0.05) is 27.8 Å². The van der Waals surface area contributed by atoms with Crippen LogP contribution in [0.1, 0.15) is 26.3 Å². The van der Waals surface area contributed by atoms with E-state index in [1.807, 2.05) is 45.0 Å². The molecule has 0 saturated carbocycles. The standard InChI is InChI=1S/C21H25BrN4O4/c1-21(2,3)26-18(27)11-30-19-13(14(22)6-8-17(19)29-4)10-23-12-5-7-15-16(9-12)25-20(28)24-15/h5-9,23H,10-11H2,1-4H3,(H,26,27)(H2,24,25,28). The maximum atomic E-state index is 12.2. The lowest BCUT2D eigenvalue weighted by molar-refractivity contribution is -0.124. The van der Waals surface area contributed by atoms with Crippen molar-refractivity contribution in [3.63, 3.8) is 0 Å². The summed E-state index contributed by atoms with van der Waals surface area (Å²) in [4.78, 5) is 29.1. The molecule has 2 aromatic carbocycles. The molecule has 1 aromatic heterocycles. The van der Waals surface area contributed by atoms with Gasteiger partial charge < -0.3 is 30.1 Å². The summed E-state index contributed by atoms with van der Waals surface area (Å²) < 4.78 is 12.1. The average molecular weight is 477 g/mol. The molecule has 0 radical (unpaired) electrons. The lowest BCUT2D eigenvalue weighted by Gasteiger charge is -2.22. The monoisotopic (exact) mass is 476 g/mol. The molecule has 0 aliphatic heterocycles. The molecule has 0 atom stereocenters. The zero-order valence-electron chi connectivity index (χ0n) is 17.3. The summed E-state index contributed by atoms with van der Waals surface area (Å²) in [6, 6.07) is 9.19. The van der Waals surface area contributed by atoms with E-state index in [-0.39, 0.29) is 23.7 Å². The molecule has 0 saturated heterocycles. The number of ether oxygens (including phenoxy) is 2. The fourth-order valence-electron chi connectivity index (χ4n) is 2.99. The topological polar surface area (TPSA) is 108 Å². The first-order chi connectivity index (χ1) is 14.2. The first-order valence-electron chi connectivity index (χ1n) is 9.41. The van der Waals surface area contributed by atoms with E-state index in [2.05, 4.69) is 36.5 Å². The van der Waals surface area contributed by atoms with Gasteiger partial charge in [0.15, 0.2) is 18.1 Å². The number of rotatable bonds is 7. The van der Waals surface area contributed by atoms with Gasteiger partial charge in [-0.1, -0.05) is 15.9 Å². The van der Waals surface area contributed by atoms with Gasteiger partial charge in [0.1, 0.15) is 0 Å². The van der Waals surface area contributed by atoms with E-state index in [4.69, 9.17) is 9.47 Å². The summed E-state index contributed by atoms with van der Waals surface area (Å²) in [6.45, 7) is 6.01. The number of hydrogen-bond acceptors (Lipinski definition) is 5. The number of halogens is 1. The van der Waals surface area contributed by atoms with Gasteiger partial charge in [-0.3, -0.25) is 4.79 Å². The van der Waals surface area contributed by atoms with Crippen LogP contribution in [0.5, 0.6) is 11.5 Å². The molecule has 1 heterocycles. The number of methoxy groups -OCH3 is 1. The smallest absolute Gasteiger partial charge is 0.323 e. The van der Waals surface area contributed by atoms with Crippen LogP contribution in [0.25, 0.3) is 11.0 Å². The fraction of sp³-hybridized carbons (Fsp3) is 0.333. The predicted octanol–water partition coefficient (Wildman–Crippen LogP) is 3.53. The largest absolute Gasteiger partial charge is 0.493 e. The number of carbonyl (C=O) groups excluding carboxylic acids is 1. The number of imidazole rings is 1. The summed E-state index contributed by atoms with van der Waals surface area (Å²) in [5.74, 6) is 0.800. The van der Waals surface area contributed by atoms with Crippen molar-refractivity contribution in [1.82, 2.24) is 15.3 Å². The van der Waals surface area contributed by atoms with E-state index in [0.717, 1.165) is 21.2 Å². The van der Waals surface area contributed by atoms with Crippen molar-refractivity contribution >= 4 is 38.6 Å². The highest BCUT2D eigenvalue weighted by Gasteiger charge is 2.18. The molecular formula is C21H25BrN4O4. The van der Waals surface area contributed by atoms with E-state index in [1.165, 1.54) is 0 Å². The van der Waals surface area contributed by atoms with E-state index >= 15 is 0 Å². The van der Waals surface area contributed by atoms with Crippen molar-refractivity contribution < 1.29 is 14.3 Å². The van der Waals surface area contributed by atoms with E-state index in [9.17, 15) is 9.59 Å². The average Bonchev–Trinajstić information content (AvgIpc) is 3.03. The molecule has 0 fully saturated rings. The fourth-order valence-corrected chi connectivity index (χ4v) is 3.44. The number of benzene rings is 2. The van der Waals surface area contributed by atoms with Gasteiger partial charge in [-0.25, -0.2) is 4.79 Å². The van der Waals surface area contributed by atoms with E-state index in [1.54, 1.807) is 13.2 Å². The quantitative estimate of drug-likeness (QED) is 0.417. The Hall–Kier alpha value is -2.94. The third-order valence-corrected chi connectivity index (χ3v) is 4.98. The molecule has 0 unspecified atom stereocenters. The van der Waals surface area contributed by atoms with Crippen LogP contribution in [-0.2, 0) is 11.3 Å². The molecule has 0 aliphatic rings. The number of aromatic nitrogens is 2. The third kappa shape index (κ3) is 5.35. The minimum Gasteiger partial charge on any atom is -0.493 e. The molecule has 9 heteroatoms. The summed E-state index contributed by atoms with van der Waals surface area (Å²) >= 11 is 3.55. The first kappa shape index (κ1) is 21.8. The highest BCUT2D eigenvalue weighted by atomic mass is 79.9. The molecule has 0 spiro atoms. The number of anilines is 1. The summed E-state index contributed by atoms with van der Waals surface area (Å²) in [6.07, 6.45) is 0. The predicted molar refractivity (Wildman–Crippen MR) is 120 cm³/mol. The molecule has 0 bridgehead atoms. The molecule has 3 aromatic rings. The van der Waals surface area contributed by atoms with Gasteiger partial charge in [-0.2, -0.15) is 0 Å². The van der Waals surface area contributed by atoms with Crippen LogP contribution in [-0.4, -0.2) is 35.1 Å². The van der Waals surface area contributed by atoms with Crippen molar-refractivity contribution in [3.8, 4) is 11.5 Å². The Bertz CT molecular complexity index is 1110. The normalized spacial score (nSPS) is 11.4. The molecule has 1 amide bonds. The maximum Gasteiger partial charge on any atom is 0.323 e. The lowest BCUT2D eigenvalue weighted by Crippen LogP contribution is -2.43.